The molecule has 0 aliphatic rings. The standard InChI is InChI=1S/C19H19ClN4O2/c1-12(11-26-2)24-17(25)9-8-16(23-24)14-10-15(20)19(21)22-18(14)13-6-4-3-5-7-13/h3-10,12H,11H2,1-2H3,(H2,21,22). The predicted octanol–water partition coefficient (Wildman–Crippen LogP) is 3.42. The minimum atomic E-state index is -0.204. The lowest BCUT2D eigenvalue weighted by atomic mass is 10.0. The van der Waals surface area contributed by atoms with Gasteiger partial charge in [0.25, 0.3) is 5.56 Å². The second-order valence-corrected chi connectivity index (χ2v) is 6.33. The highest BCUT2D eigenvalue weighted by atomic mass is 35.5. The van der Waals surface area contributed by atoms with Gasteiger partial charge in [0.2, 0.25) is 0 Å². The van der Waals surface area contributed by atoms with E-state index < -0.39 is 0 Å². The van der Waals surface area contributed by atoms with E-state index in [0.717, 1.165) is 5.56 Å². The van der Waals surface area contributed by atoms with E-state index in [2.05, 4.69) is 10.1 Å². The van der Waals surface area contributed by atoms with Crippen molar-refractivity contribution in [2.24, 2.45) is 0 Å². The van der Waals surface area contributed by atoms with E-state index in [1.807, 2.05) is 37.3 Å². The summed E-state index contributed by atoms with van der Waals surface area (Å²) in [6, 6.07) is 14.3. The van der Waals surface area contributed by atoms with Crippen molar-refractivity contribution in [2.75, 3.05) is 19.5 Å². The maximum absolute atomic E-state index is 12.2. The summed E-state index contributed by atoms with van der Waals surface area (Å²) >= 11 is 6.20. The number of rotatable bonds is 5. The first kappa shape index (κ1) is 18.1. The number of pyridine rings is 1. The number of benzene rings is 1. The lowest BCUT2D eigenvalue weighted by Gasteiger charge is -2.15. The third kappa shape index (κ3) is 3.61. The third-order valence-corrected chi connectivity index (χ3v) is 4.28. The molecule has 0 amide bonds. The van der Waals surface area contributed by atoms with Gasteiger partial charge in [-0.15, -0.1) is 0 Å². The van der Waals surface area contributed by atoms with E-state index in [0.29, 0.717) is 28.6 Å². The summed E-state index contributed by atoms with van der Waals surface area (Å²) in [5, 5.41) is 4.84. The maximum Gasteiger partial charge on any atom is 0.267 e. The van der Waals surface area contributed by atoms with Crippen molar-refractivity contribution in [3.8, 4) is 22.5 Å². The van der Waals surface area contributed by atoms with Gasteiger partial charge < -0.3 is 10.5 Å². The monoisotopic (exact) mass is 370 g/mol. The number of ether oxygens (including phenoxy) is 1. The van der Waals surface area contributed by atoms with Crippen LogP contribution in [0.3, 0.4) is 0 Å². The fourth-order valence-electron chi connectivity index (χ4n) is 2.71. The molecule has 1 atom stereocenters. The number of methoxy groups -OCH3 is 1. The normalized spacial score (nSPS) is 12.1. The van der Waals surface area contributed by atoms with Gasteiger partial charge in [0, 0.05) is 24.3 Å². The third-order valence-electron chi connectivity index (χ3n) is 3.98. The molecule has 3 rings (SSSR count). The van der Waals surface area contributed by atoms with Gasteiger partial charge in [-0.05, 0) is 19.1 Å². The van der Waals surface area contributed by atoms with Crippen LogP contribution in [0.25, 0.3) is 22.5 Å². The molecule has 0 spiro atoms. The molecular formula is C19H19ClN4O2. The zero-order valence-electron chi connectivity index (χ0n) is 14.5. The topological polar surface area (TPSA) is 83.0 Å². The van der Waals surface area contributed by atoms with Crippen molar-refractivity contribution in [3.63, 3.8) is 0 Å². The van der Waals surface area contributed by atoms with Crippen LogP contribution < -0.4 is 11.3 Å². The van der Waals surface area contributed by atoms with Gasteiger partial charge in [-0.2, -0.15) is 5.10 Å². The fourth-order valence-corrected chi connectivity index (χ4v) is 2.86. The molecule has 0 radical (unpaired) electrons. The van der Waals surface area contributed by atoms with Crippen LogP contribution in [0.5, 0.6) is 0 Å². The maximum atomic E-state index is 12.2. The highest BCUT2D eigenvalue weighted by Crippen LogP contribution is 2.33. The SMILES string of the molecule is COCC(C)n1nc(-c2cc(Cl)c(N)nc2-c2ccccc2)ccc1=O. The number of halogens is 1. The van der Waals surface area contributed by atoms with E-state index in [-0.39, 0.29) is 17.4 Å². The second kappa shape index (κ2) is 7.68. The minimum absolute atomic E-state index is 0.200. The average Bonchev–Trinajstić information content (AvgIpc) is 2.65. The zero-order valence-corrected chi connectivity index (χ0v) is 15.3. The number of hydrogen-bond donors (Lipinski definition) is 1. The molecule has 0 saturated carbocycles. The first-order valence-corrected chi connectivity index (χ1v) is 8.49. The summed E-state index contributed by atoms with van der Waals surface area (Å²) < 4.78 is 6.54. The summed E-state index contributed by atoms with van der Waals surface area (Å²) in [6.45, 7) is 2.25. The molecule has 7 heteroatoms. The Morgan fingerprint density at radius 3 is 2.65 bits per heavy atom. The summed E-state index contributed by atoms with van der Waals surface area (Å²) in [7, 11) is 1.59. The quantitative estimate of drug-likeness (QED) is 0.744. The number of hydrogen-bond acceptors (Lipinski definition) is 5. The first-order chi connectivity index (χ1) is 12.5. The zero-order chi connectivity index (χ0) is 18.7. The van der Waals surface area contributed by atoms with Crippen LogP contribution in [0.4, 0.5) is 5.82 Å². The van der Waals surface area contributed by atoms with Gasteiger partial charge in [-0.25, -0.2) is 9.67 Å². The van der Waals surface area contributed by atoms with Crippen molar-refractivity contribution < 1.29 is 4.74 Å². The Morgan fingerprint density at radius 1 is 1.23 bits per heavy atom. The summed E-state index contributed by atoms with van der Waals surface area (Å²) in [5.74, 6) is 0.246. The Labute approximate surface area is 156 Å². The smallest absolute Gasteiger partial charge is 0.267 e. The van der Waals surface area contributed by atoms with Crippen LogP contribution in [-0.2, 0) is 4.74 Å². The lowest BCUT2D eigenvalue weighted by Crippen LogP contribution is -2.27. The minimum Gasteiger partial charge on any atom is -0.382 e. The number of nitrogen functional groups attached to an aromatic ring is 1. The number of anilines is 1. The molecular weight excluding hydrogens is 352 g/mol. The van der Waals surface area contributed by atoms with Crippen LogP contribution >= 0.6 is 11.6 Å². The molecule has 3 aromatic rings. The molecule has 1 aromatic carbocycles. The average molecular weight is 371 g/mol. The molecule has 26 heavy (non-hydrogen) atoms. The Balaban J connectivity index is 2.19. The Morgan fingerprint density at radius 2 is 1.96 bits per heavy atom. The van der Waals surface area contributed by atoms with Gasteiger partial charge in [0.1, 0.15) is 5.82 Å². The van der Waals surface area contributed by atoms with Crippen LogP contribution in [0, 0.1) is 0 Å². The first-order valence-electron chi connectivity index (χ1n) is 8.12. The molecule has 2 heterocycles. The van der Waals surface area contributed by atoms with Crippen molar-refractivity contribution >= 4 is 17.4 Å². The molecule has 0 aliphatic carbocycles. The van der Waals surface area contributed by atoms with Crippen molar-refractivity contribution in [3.05, 3.63) is 63.9 Å². The van der Waals surface area contributed by atoms with Crippen molar-refractivity contribution in [1.82, 2.24) is 14.8 Å². The second-order valence-electron chi connectivity index (χ2n) is 5.92. The van der Waals surface area contributed by atoms with Crippen LogP contribution in [0.15, 0.2) is 53.3 Å². The Hall–Kier alpha value is -2.70. The highest BCUT2D eigenvalue weighted by Gasteiger charge is 2.16. The highest BCUT2D eigenvalue weighted by molar-refractivity contribution is 6.33. The van der Waals surface area contributed by atoms with Gasteiger partial charge in [0.05, 0.1) is 29.1 Å². The number of nitrogens with two attached hydrogens (primary N) is 1. The molecule has 0 fully saturated rings. The van der Waals surface area contributed by atoms with Gasteiger partial charge in [0.15, 0.2) is 0 Å². The van der Waals surface area contributed by atoms with E-state index in [9.17, 15) is 4.79 Å². The Bertz CT molecular complexity index is 973. The fraction of sp³-hybridized carbons (Fsp3) is 0.211. The predicted molar refractivity (Wildman–Crippen MR) is 103 cm³/mol. The van der Waals surface area contributed by atoms with Crippen molar-refractivity contribution in [1.29, 1.82) is 0 Å². The van der Waals surface area contributed by atoms with E-state index in [1.54, 1.807) is 19.2 Å². The molecule has 2 N–H and O–H groups in total. The van der Waals surface area contributed by atoms with E-state index in [1.165, 1.54) is 10.7 Å². The summed E-state index contributed by atoms with van der Waals surface area (Å²) in [4.78, 5) is 16.6. The van der Waals surface area contributed by atoms with Crippen LogP contribution in [0.2, 0.25) is 5.02 Å². The van der Waals surface area contributed by atoms with E-state index >= 15 is 0 Å². The summed E-state index contributed by atoms with van der Waals surface area (Å²) in [6.07, 6.45) is 0. The largest absolute Gasteiger partial charge is 0.382 e. The molecule has 6 nitrogen and oxygen atoms in total. The molecule has 0 saturated heterocycles. The van der Waals surface area contributed by atoms with Gasteiger partial charge in [-0.3, -0.25) is 4.79 Å². The number of nitrogens with zero attached hydrogens (tertiary/aromatic N) is 3. The molecule has 2 aromatic heterocycles. The van der Waals surface area contributed by atoms with Crippen LogP contribution in [0.1, 0.15) is 13.0 Å². The van der Waals surface area contributed by atoms with Gasteiger partial charge >= 0.3 is 0 Å². The van der Waals surface area contributed by atoms with Crippen LogP contribution in [-0.4, -0.2) is 28.5 Å². The molecule has 134 valence electrons. The molecule has 1 unspecified atom stereocenters. The Kier molecular flexibility index (Phi) is 5.35. The molecule has 0 aliphatic heterocycles. The van der Waals surface area contributed by atoms with Gasteiger partial charge in [-0.1, -0.05) is 41.9 Å². The van der Waals surface area contributed by atoms with E-state index in [4.69, 9.17) is 22.1 Å². The van der Waals surface area contributed by atoms with Crippen molar-refractivity contribution in [2.45, 2.75) is 13.0 Å². The number of aromatic nitrogens is 3. The molecule has 0 bridgehead atoms. The lowest BCUT2D eigenvalue weighted by molar-refractivity contribution is 0.155. The summed E-state index contributed by atoms with van der Waals surface area (Å²) in [5.41, 5.74) is 8.54.